The van der Waals surface area contributed by atoms with E-state index in [0.29, 0.717) is 24.3 Å². The van der Waals surface area contributed by atoms with Crippen LogP contribution in [0, 0.1) is 5.41 Å². The van der Waals surface area contributed by atoms with Crippen molar-refractivity contribution in [2.24, 2.45) is 11.1 Å². The van der Waals surface area contributed by atoms with Crippen LogP contribution in [0.25, 0.3) is 16.9 Å². The van der Waals surface area contributed by atoms with Crippen molar-refractivity contribution in [1.29, 1.82) is 0 Å². The van der Waals surface area contributed by atoms with E-state index >= 15 is 0 Å². The van der Waals surface area contributed by atoms with E-state index in [-0.39, 0.29) is 11.3 Å². The van der Waals surface area contributed by atoms with Crippen LogP contribution in [0.2, 0.25) is 0 Å². The van der Waals surface area contributed by atoms with Crippen LogP contribution in [0.3, 0.4) is 0 Å². The summed E-state index contributed by atoms with van der Waals surface area (Å²) in [5.74, 6) is -0.0856. The fourth-order valence-electron chi connectivity index (χ4n) is 2.94. The predicted molar refractivity (Wildman–Crippen MR) is 107 cm³/mol. The number of hydrogen-bond donors (Lipinski definition) is 1. The lowest BCUT2D eigenvalue weighted by molar-refractivity contribution is 0.0741. The van der Waals surface area contributed by atoms with Crippen LogP contribution in [0.5, 0.6) is 0 Å². The minimum atomic E-state index is -0.158. The molecule has 0 aliphatic carbocycles. The molecule has 0 aliphatic rings. The summed E-state index contributed by atoms with van der Waals surface area (Å²) in [4.78, 5) is 19.1. The van der Waals surface area contributed by atoms with Gasteiger partial charge in [-0.2, -0.15) is 5.10 Å². The van der Waals surface area contributed by atoms with Gasteiger partial charge in [0.2, 0.25) is 0 Å². The molecule has 0 radical (unpaired) electrons. The highest BCUT2D eigenvalue weighted by atomic mass is 16.2. The van der Waals surface area contributed by atoms with Crippen molar-refractivity contribution in [3.05, 3.63) is 66.6 Å². The summed E-state index contributed by atoms with van der Waals surface area (Å²) >= 11 is 0. The van der Waals surface area contributed by atoms with Gasteiger partial charge in [-0.3, -0.25) is 9.78 Å². The molecular formula is C21H25N5O. The van der Waals surface area contributed by atoms with E-state index < -0.39 is 0 Å². The molecule has 0 unspecified atom stereocenters. The number of hydrogen-bond acceptors (Lipinski definition) is 4. The van der Waals surface area contributed by atoms with Gasteiger partial charge in [-0.05, 0) is 36.2 Å². The highest BCUT2D eigenvalue weighted by molar-refractivity contribution is 5.99. The highest BCUT2D eigenvalue weighted by Gasteiger charge is 2.26. The zero-order chi connectivity index (χ0) is 19.4. The van der Waals surface area contributed by atoms with Crippen molar-refractivity contribution in [2.75, 3.05) is 20.1 Å². The number of rotatable bonds is 6. The molecule has 6 nitrogen and oxygen atoms in total. The second-order valence-electron chi connectivity index (χ2n) is 7.44. The number of nitrogens with two attached hydrogens (primary N) is 1. The van der Waals surface area contributed by atoms with Gasteiger partial charge in [0.05, 0.1) is 11.3 Å². The van der Waals surface area contributed by atoms with Gasteiger partial charge in [0, 0.05) is 37.7 Å². The molecule has 2 N–H and O–H groups in total. The molecule has 1 aromatic carbocycles. The van der Waals surface area contributed by atoms with Crippen molar-refractivity contribution < 1.29 is 4.79 Å². The first kappa shape index (κ1) is 18.8. The number of nitrogens with zero attached hydrogens (tertiary/aromatic N) is 4. The molecule has 0 fully saturated rings. The number of carbonyl (C=O) groups excluding carboxylic acids is 1. The molecule has 0 spiro atoms. The number of amides is 1. The largest absolute Gasteiger partial charge is 0.341 e. The van der Waals surface area contributed by atoms with Crippen LogP contribution in [-0.2, 0) is 0 Å². The van der Waals surface area contributed by atoms with E-state index in [9.17, 15) is 4.79 Å². The molecule has 0 saturated carbocycles. The maximum Gasteiger partial charge on any atom is 0.257 e. The van der Waals surface area contributed by atoms with Crippen molar-refractivity contribution in [1.82, 2.24) is 19.7 Å². The zero-order valence-electron chi connectivity index (χ0n) is 16.0. The first-order chi connectivity index (χ1) is 12.9. The quantitative estimate of drug-likeness (QED) is 0.730. The van der Waals surface area contributed by atoms with Crippen LogP contribution in [-0.4, -0.2) is 45.7 Å². The van der Waals surface area contributed by atoms with E-state index in [4.69, 9.17) is 5.73 Å². The summed E-state index contributed by atoms with van der Waals surface area (Å²) in [6.45, 7) is 5.16. The molecule has 140 valence electrons. The number of benzene rings is 1. The molecule has 0 atom stereocenters. The molecule has 3 aromatic rings. The van der Waals surface area contributed by atoms with Gasteiger partial charge < -0.3 is 10.6 Å². The molecule has 6 heteroatoms. The van der Waals surface area contributed by atoms with Crippen molar-refractivity contribution >= 4 is 5.91 Å². The summed E-state index contributed by atoms with van der Waals surface area (Å²) in [5, 5.41) is 4.68. The monoisotopic (exact) mass is 363 g/mol. The van der Waals surface area contributed by atoms with Gasteiger partial charge >= 0.3 is 0 Å². The number of para-hydroxylation sites is 1. The van der Waals surface area contributed by atoms with Gasteiger partial charge in [-0.1, -0.05) is 32.0 Å². The first-order valence-electron chi connectivity index (χ1n) is 8.92. The minimum Gasteiger partial charge on any atom is -0.341 e. The van der Waals surface area contributed by atoms with Crippen LogP contribution in [0.15, 0.2) is 61.1 Å². The standard InChI is InChI=1S/C21H25N5O/c1-21(2,14-22)15-25(3)20(27)18-13-26(17-9-5-4-6-10-17)24-19(18)16-8-7-11-23-12-16/h4-13H,14-15,22H2,1-3H3. The molecule has 1 amide bonds. The van der Waals surface area contributed by atoms with Crippen LogP contribution in [0.4, 0.5) is 0 Å². The Hall–Kier alpha value is -2.99. The fourth-order valence-corrected chi connectivity index (χ4v) is 2.94. The highest BCUT2D eigenvalue weighted by Crippen LogP contribution is 2.25. The summed E-state index contributed by atoms with van der Waals surface area (Å²) in [5.41, 5.74) is 8.54. The van der Waals surface area contributed by atoms with Crippen LogP contribution >= 0.6 is 0 Å². The van der Waals surface area contributed by atoms with Gasteiger partial charge in [0.25, 0.3) is 5.91 Å². The maximum atomic E-state index is 13.2. The fraction of sp³-hybridized carbons (Fsp3) is 0.286. The third-order valence-electron chi connectivity index (χ3n) is 4.46. The average Bonchev–Trinajstić information content (AvgIpc) is 3.14. The van der Waals surface area contributed by atoms with Gasteiger partial charge in [-0.15, -0.1) is 0 Å². The van der Waals surface area contributed by atoms with Gasteiger partial charge in [0.15, 0.2) is 0 Å². The molecule has 0 aliphatic heterocycles. The summed E-state index contributed by atoms with van der Waals surface area (Å²) in [6.07, 6.45) is 5.21. The number of pyridine rings is 1. The Morgan fingerprint density at radius 2 is 1.93 bits per heavy atom. The Kier molecular flexibility index (Phi) is 5.37. The molecule has 0 bridgehead atoms. The molecule has 2 aromatic heterocycles. The van der Waals surface area contributed by atoms with Crippen molar-refractivity contribution in [3.8, 4) is 16.9 Å². The van der Waals surface area contributed by atoms with E-state index in [1.54, 1.807) is 35.2 Å². The molecule has 3 rings (SSSR count). The first-order valence-corrected chi connectivity index (χ1v) is 8.92. The lowest BCUT2D eigenvalue weighted by Crippen LogP contribution is -2.39. The van der Waals surface area contributed by atoms with Gasteiger partial charge in [-0.25, -0.2) is 4.68 Å². The summed E-state index contributed by atoms with van der Waals surface area (Å²) < 4.78 is 1.73. The van der Waals surface area contributed by atoms with Crippen LogP contribution in [0.1, 0.15) is 24.2 Å². The van der Waals surface area contributed by atoms with E-state index in [0.717, 1.165) is 11.3 Å². The Labute approximate surface area is 159 Å². The van der Waals surface area contributed by atoms with E-state index in [1.165, 1.54) is 0 Å². The maximum absolute atomic E-state index is 13.2. The van der Waals surface area contributed by atoms with E-state index in [1.807, 2.05) is 56.3 Å². The number of carbonyl (C=O) groups is 1. The molecule has 2 heterocycles. The van der Waals surface area contributed by atoms with Gasteiger partial charge in [0.1, 0.15) is 5.69 Å². The Balaban J connectivity index is 2.02. The third kappa shape index (κ3) is 4.23. The Morgan fingerprint density at radius 3 is 2.56 bits per heavy atom. The smallest absolute Gasteiger partial charge is 0.257 e. The molecule has 27 heavy (non-hydrogen) atoms. The van der Waals surface area contributed by atoms with Crippen molar-refractivity contribution in [3.63, 3.8) is 0 Å². The lowest BCUT2D eigenvalue weighted by Gasteiger charge is -2.29. The third-order valence-corrected chi connectivity index (χ3v) is 4.46. The number of aromatic nitrogens is 3. The molecule has 0 saturated heterocycles. The molecular weight excluding hydrogens is 338 g/mol. The summed E-state index contributed by atoms with van der Waals surface area (Å²) in [7, 11) is 1.80. The predicted octanol–water partition coefficient (Wildman–Crippen LogP) is 2.99. The second-order valence-corrected chi connectivity index (χ2v) is 7.44. The second kappa shape index (κ2) is 7.72. The Bertz CT molecular complexity index is 903. The lowest BCUT2D eigenvalue weighted by atomic mass is 9.93. The van der Waals surface area contributed by atoms with Crippen LogP contribution < -0.4 is 5.73 Å². The minimum absolute atomic E-state index is 0.0856. The topological polar surface area (TPSA) is 77.0 Å². The normalized spacial score (nSPS) is 11.4. The zero-order valence-corrected chi connectivity index (χ0v) is 16.0. The average molecular weight is 363 g/mol. The Morgan fingerprint density at radius 1 is 1.19 bits per heavy atom. The summed E-state index contributed by atoms with van der Waals surface area (Å²) in [6, 6.07) is 13.5. The van der Waals surface area contributed by atoms with E-state index in [2.05, 4.69) is 10.1 Å². The SMILES string of the molecule is CN(CC(C)(C)CN)C(=O)c1cn(-c2ccccc2)nc1-c1cccnc1. The van der Waals surface area contributed by atoms with Crippen molar-refractivity contribution in [2.45, 2.75) is 13.8 Å².